The molecule has 0 spiro atoms. The summed E-state index contributed by atoms with van der Waals surface area (Å²) in [6, 6.07) is 8.95. The molecule has 0 radical (unpaired) electrons. The quantitative estimate of drug-likeness (QED) is 0.728. The van der Waals surface area contributed by atoms with Crippen LogP contribution in [0.4, 0.5) is 11.5 Å². The van der Waals surface area contributed by atoms with Gasteiger partial charge in [0.2, 0.25) is 5.91 Å². The van der Waals surface area contributed by atoms with Gasteiger partial charge in [0, 0.05) is 11.8 Å². The second-order valence-corrected chi connectivity index (χ2v) is 5.96. The van der Waals surface area contributed by atoms with Crippen LogP contribution in [-0.2, 0) is 11.2 Å². The molecule has 4 N–H and O–H groups in total. The highest BCUT2D eigenvalue weighted by atomic mass is 32.2. The van der Waals surface area contributed by atoms with Crippen molar-refractivity contribution in [2.24, 2.45) is 0 Å². The monoisotopic (exact) mass is 302 g/mol. The second-order valence-electron chi connectivity index (χ2n) is 4.77. The number of benzene rings is 1. The first-order valence-electron chi connectivity index (χ1n) is 6.54. The molecule has 3 rings (SSSR count). The first-order chi connectivity index (χ1) is 10.1. The minimum absolute atomic E-state index is 0.0879. The van der Waals surface area contributed by atoms with Gasteiger partial charge < -0.3 is 16.0 Å². The predicted octanol–water partition coefficient (Wildman–Crippen LogP) is 1.40. The maximum Gasteiger partial charge on any atom is 0.253 e. The minimum atomic E-state index is -0.317. The molecule has 0 saturated heterocycles. The Hall–Kier alpha value is -2.28. The molecule has 1 atom stereocenters. The predicted molar refractivity (Wildman–Crippen MR) is 82.3 cm³/mol. The molecule has 1 aromatic heterocycles. The van der Waals surface area contributed by atoms with E-state index in [0.717, 1.165) is 17.7 Å². The molecule has 108 valence electrons. The lowest BCUT2D eigenvalue weighted by Crippen LogP contribution is -2.24. The Balaban J connectivity index is 1.81. The average molecular weight is 302 g/mol. The summed E-state index contributed by atoms with van der Waals surface area (Å²) in [4.78, 5) is 30.3. The molecule has 0 bridgehead atoms. The molecule has 6 nitrogen and oxygen atoms in total. The van der Waals surface area contributed by atoms with E-state index >= 15 is 0 Å². The van der Waals surface area contributed by atoms with Gasteiger partial charge in [-0.3, -0.25) is 9.59 Å². The van der Waals surface area contributed by atoms with E-state index in [1.54, 1.807) is 0 Å². The average Bonchev–Trinajstić information content (AvgIpc) is 2.58. The SMILES string of the molecule is Nc1cc(=O)[nH]c(S[C@H]2CCc3ccccc3NC2=O)n1. The number of hydrogen-bond acceptors (Lipinski definition) is 5. The van der Waals surface area contributed by atoms with Crippen molar-refractivity contribution in [2.45, 2.75) is 23.2 Å². The van der Waals surface area contributed by atoms with Gasteiger partial charge in [-0.2, -0.15) is 0 Å². The number of nitrogens with zero attached hydrogens (tertiary/aromatic N) is 1. The van der Waals surface area contributed by atoms with Crippen molar-refractivity contribution >= 4 is 29.2 Å². The summed E-state index contributed by atoms with van der Waals surface area (Å²) in [5, 5.41) is 2.96. The highest BCUT2D eigenvalue weighted by molar-refractivity contribution is 8.00. The Morgan fingerprint density at radius 1 is 1.29 bits per heavy atom. The summed E-state index contributed by atoms with van der Waals surface area (Å²) in [6.45, 7) is 0. The molecular formula is C14H14N4O2S. The number of fused-ring (bicyclic) bond motifs is 1. The Morgan fingerprint density at radius 3 is 2.90 bits per heavy atom. The number of nitrogen functional groups attached to an aromatic ring is 1. The van der Waals surface area contributed by atoms with Gasteiger partial charge in [0.15, 0.2) is 5.16 Å². The van der Waals surface area contributed by atoms with E-state index in [2.05, 4.69) is 15.3 Å². The van der Waals surface area contributed by atoms with Crippen LogP contribution in [0.25, 0.3) is 0 Å². The number of nitrogens with one attached hydrogen (secondary N) is 2. The summed E-state index contributed by atoms with van der Waals surface area (Å²) in [5.74, 6) is 0.0635. The van der Waals surface area contributed by atoms with Crippen LogP contribution in [0.1, 0.15) is 12.0 Å². The summed E-state index contributed by atoms with van der Waals surface area (Å²) in [6.07, 6.45) is 1.46. The van der Waals surface area contributed by atoms with Gasteiger partial charge in [0.1, 0.15) is 5.82 Å². The van der Waals surface area contributed by atoms with Gasteiger partial charge in [-0.05, 0) is 24.5 Å². The standard InChI is InChI=1S/C14H14N4O2S/c15-11-7-12(19)18-14(17-11)21-10-6-5-8-3-1-2-4-9(8)16-13(10)20/h1-4,7,10H,5-6H2,(H,16,20)(H3,15,17,18,19)/t10-/m0/s1. The number of carbonyl (C=O) groups excluding carboxylic acids is 1. The van der Waals surface area contributed by atoms with Crippen molar-refractivity contribution in [3.05, 3.63) is 46.2 Å². The van der Waals surface area contributed by atoms with Crippen molar-refractivity contribution in [2.75, 3.05) is 11.1 Å². The fourth-order valence-electron chi connectivity index (χ4n) is 2.25. The van der Waals surface area contributed by atoms with E-state index in [1.807, 2.05) is 24.3 Å². The number of carbonyl (C=O) groups is 1. The van der Waals surface area contributed by atoms with Crippen molar-refractivity contribution in [1.82, 2.24) is 9.97 Å². The van der Waals surface area contributed by atoms with Crippen LogP contribution in [0.15, 0.2) is 40.3 Å². The van der Waals surface area contributed by atoms with Gasteiger partial charge in [-0.15, -0.1) is 0 Å². The van der Waals surface area contributed by atoms with Crippen LogP contribution in [-0.4, -0.2) is 21.1 Å². The van der Waals surface area contributed by atoms with E-state index < -0.39 is 0 Å². The van der Waals surface area contributed by atoms with E-state index in [0.29, 0.717) is 11.6 Å². The Labute approximate surface area is 125 Å². The molecule has 0 aliphatic carbocycles. The summed E-state index contributed by atoms with van der Waals surface area (Å²) in [5.41, 5.74) is 7.20. The molecular weight excluding hydrogens is 288 g/mol. The molecule has 2 aromatic rings. The second kappa shape index (κ2) is 5.61. The number of amides is 1. The molecule has 2 heterocycles. The zero-order valence-electron chi connectivity index (χ0n) is 11.1. The highest BCUT2D eigenvalue weighted by Crippen LogP contribution is 2.29. The van der Waals surface area contributed by atoms with Crippen LogP contribution in [0.2, 0.25) is 0 Å². The fraction of sp³-hybridized carbons (Fsp3) is 0.214. The summed E-state index contributed by atoms with van der Waals surface area (Å²) >= 11 is 1.23. The lowest BCUT2D eigenvalue weighted by molar-refractivity contribution is -0.115. The van der Waals surface area contributed by atoms with Crippen LogP contribution in [0.5, 0.6) is 0 Å². The number of aryl methyl sites for hydroxylation is 1. The number of anilines is 2. The van der Waals surface area contributed by atoms with Crippen molar-refractivity contribution < 1.29 is 4.79 Å². The van der Waals surface area contributed by atoms with Gasteiger partial charge in [-0.25, -0.2) is 4.98 Å². The van der Waals surface area contributed by atoms with E-state index in [1.165, 1.54) is 17.8 Å². The lowest BCUT2D eigenvalue weighted by Gasteiger charge is -2.11. The molecule has 1 aliphatic rings. The summed E-state index contributed by atoms with van der Waals surface area (Å²) in [7, 11) is 0. The number of H-pyrrole nitrogens is 1. The van der Waals surface area contributed by atoms with Crippen molar-refractivity contribution in [3.63, 3.8) is 0 Å². The summed E-state index contributed by atoms with van der Waals surface area (Å²) < 4.78 is 0. The van der Waals surface area contributed by atoms with Crippen LogP contribution < -0.4 is 16.6 Å². The molecule has 0 unspecified atom stereocenters. The Bertz CT molecular complexity index is 744. The molecule has 1 aromatic carbocycles. The number of thioether (sulfide) groups is 1. The molecule has 1 aliphatic heterocycles. The van der Waals surface area contributed by atoms with Crippen LogP contribution in [0, 0.1) is 0 Å². The van der Waals surface area contributed by atoms with Crippen LogP contribution >= 0.6 is 11.8 Å². The normalized spacial score (nSPS) is 17.7. The molecule has 0 fully saturated rings. The van der Waals surface area contributed by atoms with Gasteiger partial charge >= 0.3 is 0 Å². The zero-order chi connectivity index (χ0) is 14.8. The molecule has 7 heteroatoms. The van der Waals surface area contributed by atoms with Crippen molar-refractivity contribution in [3.8, 4) is 0 Å². The lowest BCUT2D eigenvalue weighted by atomic mass is 10.1. The number of aromatic nitrogens is 2. The highest BCUT2D eigenvalue weighted by Gasteiger charge is 2.25. The number of nitrogens with two attached hydrogens (primary N) is 1. The number of aromatic amines is 1. The van der Waals surface area contributed by atoms with Crippen molar-refractivity contribution in [1.29, 1.82) is 0 Å². The van der Waals surface area contributed by atoms with Gasteiger partial charge in [0.25, 0.3) is 5.56 Å². The zero-order valence-corrected chi connectivity index (χ0v) is 11.9. The largest absolute Gasteiger partial charge is 0.383 e. The topological polar surface area (TPSA) is 101 Å². The number of hydrogen-bond donors (Lipinski definition) is 3. The Morgan fingerprint density at radius 2 is 2.10 bits per heavy atom. The fourth-order valence-corrected chi connectivity index (χ4v) is 3.24. The third-order valence-electron chi connectivity index (χ3n) is 3.24. The number of rotatable bonds is 2. The van der Waals surface area contributed by atoms with Gasteiger partial charge in [0.05, 0.1) is 5.25 Å². The first-order valence-corrected chi connectivity index (χ1v) is 7.42. The van der Waals surface area contributed by atoms with Gasteiger partial charge in [-0.1, -0.05) is 30.0 Å². The third-order valence-corrected chi connectivity index (χ3v) is 4.39. The van der Waals surface area contributed by atoms with E-state index in [-0.39, 0.29) is 22.5 Å². The number of para-hydroxylation sites is 1. The molecule has 1 amide bonds. The maximum absolute atomic E-state index is 12.3. The molecule has 0 saturated carbocycles. The maximum atomic E-state index is 12.3. The first kappa shape index (κ1) is 13.7. The van der Waals surface area contributed by atoms with E-state index in [9.17, 15) is 9.59 Å². The molecule has 21 heavy (non-hydrogen) atoms. The Kier molecular flexibility index (Phi) is 3.66. The van der Waals surface area contributed by atoms with E-state index in [4.69, 9.17) is 5.73 Å². The van der Waals surface area contributed by atoms with Crippen LogP contribution in [0.3, 0.4) is 0 Å². The third kappa shape index (κ3) is 3.08. The minimum Gasteiger partial charge on any atom is -0.383 e. The smallest absolute Gasteiger partial charge is 0.253 e.